The lowest BCUT2D eigenvalue weighted by Gasteiger charge is -2.35. The first-order valence-corrected chi connectivity index (χ1v) is 15.4. The molecule has 1 aliphatic rings. The Morgan fingerprint density at radius 1 is 0.822 bits per heavy atom. The largest absolute Gasteiger partial charge is 0.497 e. The molecule has 9 nitrogen and oxygen atoms in total. The van der Waals surface area contributed by atoms with Gasteiger partial charge in [0, 0.05) is 11.7 Å². The van der Waals surface area contributed by atoms with Gasteiger partial charge in [-0.3, -0.25) is 14.5 Å². The van der Waals surface area contributed by atoms with Gasteiger partial charge in [-0.25, -0.2) is 4.68 Å². The molecule has 0 unspecified atom stereocenters. The highest BCUT2D eigenvalue weighted by Gasteiger charge is 2.37. The van der Waals surface area contributed by atoms with Crippen molar-refractivity contribution >= 4 is 28.5 Å². The highest BCUT2D eigenvalue weighted by Crippen LogP contribution is 2.34. The first-order chi connectivity index (χ1) is 22.0. The molecule has 6 rings (SSSR count). The van der Waals surface area contributed by atoms with Gasteiger partial charge in [0.25, 0.3) is 5.91 Å². The van der Waals surface area contributed by atoms with Crippen molar-refractivity contribution in [1.82, 2.24) is 20.3 Å². The molecule has 9 heteroatoms. The zero-order valence-electron chi connectivity index (χ0n) is 25.5. The molecule has 1 aliphatic carbocycles. The maximum Gasteiger partial charge on any atom is 0.252 e. The van der Waals surface area contributed by atoms with E-state index in [1.807, 2.05) is 103 Å². The van der Waals surface area contributed by atoms with E-state index in [9.17, 15) is 9.59 Å². The van der Waals surface area contributed by atoms with Crippen molar-refractivity contribution in [1.29, 1.82) is 0 Å². The van der Waals surface area contributed by atoms with E-state index in [1.54, 1.807) is 23.6 Å². The van der Waals surface area contributed by atoms with E-state index in [-0.39, 0.29) is 17.9 Å². The molecular formula is C36H37N5O4. The zero-order chi connectivity index (χ0) is 31.2. The smallest absolute Gasteiger partial charge is 0.252 e. The molecule has 0 bridgehead atoms. The van der Waals surface area contributed by atoms with E-state index in [0.29, 0.717) is 34.0 Å². The van der Waals surface area contributed by atoms with Crippen molar-refractivity contribution in [3.05, 3.63) is 109 Å². The van der Waals surface area contributed by atoms with E-state index < -0.39 is 12.1 Å². The predicted octanol–water partition coefficient (Wildman–Crippen LogP) is 7.02. The van der Waals surface area contributed by atoms with Crippen LogP contribution in [0.1, 0.15) is 56.7 Å². The molecule has 2 atom stereocenters. The van der Waals surface area contributed by atoms with Gasteiger partial charge in [-0.15, -0.1) is 5.10 Å². The number of rotatable bonds is 10. The summed E-state index contributed by atoms with van der Waals surface area (Å²) < 4.78 is 13.0. The monoisotopic (exact) mass is 603 g/mol. The average molecular weight is 604 g/mol. The molecule has 1 saturated carbocycles. The minimum absolute atomic E-state index is 0.0577. The van der Waals surface area contributed by atoms with E-state index in [1.165, 1.54) is 6.42 Å². The second-order valence-corrected chi connectivity index (χ2v) is 11.3. The number of nitrogens with one attached hydrogen (secondary N) is 1. The third-order valence-corrected chi connectivity index (χ3v) is 8.32. The van der Waals surface area contributed by atoms with Gasteiger partial charge in [0.05, 0.1) is 12.6 Å². The number of hydrogen-bond donors (Lipinski definition) is 1. The lowest BCUT2D eigenvalue weighted by molar-refractivity contribution is -0.128. The predicted molar refractivity (Wildman–Crippen MR) is 173 cm³/mol. The minimum Gasteiger partial charge on any atom is -0.497 e. The first kappa shape index (κ1) is 29.9. The fraction of sp³-hybridized carbons (Fsp3) is 0.278. The Morgan fingerprint density at radius 2 is 1.47 bits per heavy atom. The fourth-order valence-electron chi connectivity index (χ4n) is 5.91. The number of carbonyl (C=O) groups is 2. The molecule has 1 N–H and O–H groups in total. The Morgan fingerprint density at radius 3 is 2.18 bits per heavy atom. The summed E-state index contributed by atoms with van der Waals surface area (Å²) in [5, 5.41) is 11.9. The highest BCUT2D eigenvalue weighted by molar-refractivity contribution is 6.03. The summed E-state index contributed by atoms with van der Waals surface area (Å²) in [4.78, 5) is 30.6. The second-order valence-electron chi connectivity index (χ2n) is 11.3. The lowest BCUT2D eigenvalue weighted by atomic mass is 9.94. The normalized spacial score (nSPS) is 14.8. The summed E-state index contributed by atoms with van der Waals surface area (Å²) in [6, 6.07) is 29.9. The summed E-state index contributed by atoms with van der Waals surface area (Å²) in [6.45, 7) is 1.79. The summed E-state index contributed by atoms with van der Waals surface area (Å²) >= 11 is 0. The molecule has 0 radical (unpaired) electrons. The van der Waals surface area contributed by atoms with Crippen LogP contribution in [0.15, 0.2) is 103 Å². The van der Waals surface area contributed by atoms with Gasteiger partial charge in [0.2, 0.25) is 5.91 Å². The number of methoxy groups -OCH3 is 1. The number of hydrogen-bond acceptors (Lipinski definition) is 6. The molecule has 230 valence electrons. The fourth-order valence-corrected chi connectivity index (χ4v) is 5.91. The molecule has 4 aromatic carbocycles. The number of benzene rings is 4. The number of anilines is 1. The molecule has 0 aliphatic heterocycles. The van der Waals surface area contributed by atoms with Gasteiger partial charge >= 0.3 is 0 Å². The van der Waals surface area contributed by atoms with E-state index in [2.05, 4.69) is 15.6 Å². The minimum atomic E-state index is -0.955. The average Bonchev–Trinajstić information content (AvgIpc) is 3.52. The van der Waals surface area contributed by atoms with Crippen LogP contribution in [0.3, 0.4) is 0 Å². The van der Waals surface area contributed by atoms with Gasteiger partial charge < -0.3 is 14.8 Å². The summed E-state index contributed by atoms with van der Waals surface area (Å²) in [7, 11) is 1.60. The Balaban J connectivity index is 1.42. The van der Waals surface area contributed by atoms with Crippen LogP contribution in [0.4, 0.5) is 5.69 Å². The van der Waals surface area contributed by atoms with Gasteiger partial charge in [0.1, 0.15) is 34.8 Å². The third-order valence-electron chi connectivity index (χ3n) is 8.32. The van der Waals surface area contributed by atoms with Crippen LogP contribution >= 0.6 is 0 Å². The van der Waals surface area contributed by atoms with Crippen LogP contribution in [-0.2, 0) is 9.59 Å². The van der Waals surface area contributed by atoms with Crippen molar-refractivity contribution in [3.8, 4) is 17.2 Å². The number of amides is 2. The summed E-state index contributed by atoms with van der Waals surface area (Å²) in [5.41, 5.74) is 2.64. The number of aromatic nitrogens is 3. The van der Waals surface area contributed by atoms with Crippen molar-refractivity contribution in [2.24, 2.45) is 0 Å². The van der Waals surface area contributed by atoms with Gasteiger partial charge in [-0.05, 0) is 86.0 Å². The van der Waals surface area contributed by atoms with Gasteiger partial charge in [-0.2, -0.15) is 0 Å². The quantitative estimate of drug-likeness (QED) is 0.184. The molecule has 45 heavy (non-hydrogen) atoms. The molecule has 1 fully saturated rings. The van der Waals surface area contributed by atoms with Crippen LogP contribution in [-0.4, -0.2) is 40.0 Å². The molecule has 5 aromatic rings. The van der Waals surface area contributed by atoms with Crippen LogP contribution in [0.2, 0.25) is 0 Å². The Kier molecular flexibility index (Phi) is 9.05. The molecule has 2 amide bonds. The number of para-hydroxylation sites is 2. The number of carbonyl (C=O) groups excluding carboxylic acids is 2. The van der Waals surface area contributed by atoms with Gasteiger partial charge in [0.15, 0.2) is 0 Å². The van der Waals surface area contributed by atoms with Crippen molar-refractivity contribution in [3.63, 3.8) is 0 Å². The first-order valence-electron chi connectivity index (χ1n) is 15.4. The van der Waals surface area contributed by atoms with Crippen LogP contribution in [0.25, 0.3) is 11.0 Å². The van der Waals surface area contributed by atoms with Crippen LogP contribution in [0, 0.1) is 0 Å². The standard InChI is InChI=1S/C36H37N5O4/c1-25(41-33-16-10-9-15-32(33)38-39-41)36(43)40(28-19-23-31(24-20-28)45-30-13-7-4-8-14-30)34(26-17-21-29(44-2)22-18-26)35(42)37-27-11-5-3-6-12-27/h4,7-10,13-25,27,34H,3,5-6,11-12H2,1-2H3,(H,37,42)/t25-,34-/m1/s1. The number of fused-ring (bicyclic) bond motifs is 1. The van der Waals surface area contributed by atoms with E-state index >= 15 is 0 Å². The van der Waals surface area contributed by atoms with E-state index in [0.717, 1.165) is 31.2 Å². The topological polar surface area (TPSA) is 98.6 Å². The van der Waals surface area contributed by atoms with Crippen molar-refractivity contribution < 1.29 is 19.1 Å². The molecule has 0 spiro atoms. The van der Waals surface area contributed by atoms with E-state index in [4.69, 9.17) is 9.47 Å². The maximum absolute atomic E-state index is 14.7. The van der Waals surface area contributed by atoms with Crippen LogP contribution < -0.4 is 19.7 Å². The number of nitrogens with zero attached hydrogens (tertiary/aromatic N) is 4. The van der Waals surface area contributed by atoms with Crippen LogP contribution in [0.5, 0.6) is 17.2 Å². The summed E-state index contributed by atoms with van der Waals surface area (Å²) in [5.74, 6) is 1.43. The zero-order valence-corrected chi connectivity index (χ0v) is 25.5. The SMILES string of the molecule is COc1ccc([C@H](C(=O)NC2CCCCC2)N(C(=O)[C@@H](C)n2nnc3ccccc32)c2ccc(Oc3ccccc3)cc2)cc1. The van der Waals surface area contributed by atoms with Crippen molar-refractivity contribution in [2.45, 2.75) is 57.2 Å². The lowest BCUT2D eigenvalue weighted by Crippen LogP contribution is -2.48. The Labute approximate surface area is 262 Å². The molecule has 0 saturated heterocycles. The molecular weight excluding hydrogens is 566 g/mol. The maximum atomic E-state index is 14.7. The molecule has 1 heterocycles. The Hall–Kier alpha value is -5.18. The summed E-state index contributed by atoms with van der Waals surface area (Å²) in [6.07, 6.45) is 5.14. The third kappa shape index (κ3) is 6.67. The van der Waals surface area contributed by atoms with Gasteiger partial charge in [-0.1, -0.05) is 66.9 Å². The second kappa shape index (κ2) is 13.6. The number of ether oxygens (including phenoxy) is 2. The highest BCUT2D eigenvalue weighted by atomic mass is 16.5. The molecule has 1 aromatic heterocycles. The Bertz CT molecular complexity index is 1730. The van der Waals surface area contributed by atoms with Crippen molar-refractivity contribution in [2.75, 3.05) is 12.0 Å².